The highest BCUT2D eigenvalue weighted by Gasteiger charge is 2.20. The Bertz CT molecular complexity index is 225. The fraction of sp³-hybridized carbons (Fsp3) is 0.667. The monoisotopic (exact) mass is 201 g/mol. The van der Waals surface area contributed by atoms with Crippen molar-refractivity contribution in [1.29, 1.82) is 0 Å². The Balaban J connectivity index is 4.15. The number of hydrogen-bond donors (Lipinski definition) is 2. The van der Waals surface area contributed by atoms with Gasteiger partial charge in [-0.1, -0.05) is 13.8 Å². The van der Waals surface area contributed by atoms with Crippen LogP contribution in [0.25, 0.3) is 0 Å². The van der Waals surface area contributed by atoms with Crippen LogP contribution in [0.1, 0.15) is 26.7 Å². The van der Waals surface area contributed by atoms with E-state index in [2.05, 4.69) is 5.32 Å². The number of aliphatic carboxylic acids is 1. The Labute approximate surface area is 82.5 Å². The first-order valence-corrected chi connectivity index (χ1v) is 4.45. The van der Waals surface area contributed by atoms with Gasteiger partial charge < -0.3 is 15.2 Å². The first-order chi connectivity index (χ1) is 6.49. The molecule has 0 fully saturated rings. The molecule has 0 rings (SSSR count). The van der Waals surface area contributed by atoms with Crippen molar-refractivity contribution in [1.82, 2.24) is 5.32 Å². The third kappa shape index (κ3) is 4.59. The van der Waals surface area contributed by atoms with E-state index in [1.165, 1.54) is 0 Å². The summed E-state index contributed by atoms with van der Waals surface area (Å²) in [6, 6.07) is -0.963. The molecule has 0 heterocycles. The van der Waals surface area contributed by atoms with E-state index in [9.17, 15) is 14.4 Å². The minimum atomic E-state index is -1.11. The normalized spacial score (nSPS) is 12.2. The number of hydrogen-bond acceptors (Lipinski definition) is 3. The molecular weight excluding hydrogens is 186 g/mol. The summed E-state index contributed by atoms with van der Waals surface area (Å²) in [5.74, 6) is -1.68. The van der Waals surface area contributed by atoms with Gasteiger partial charge in [-0.15, -0.1) is 0 Å². The molecule has 0 spiro atoms. The van der Waals surface area contributed by atoms with Gasteiger partial charge in [-0.05, 0) is 6.42 Å². The van der Waals surface area contributed by atoms with E-state index >= 15 is 0 Å². The first kappa shape index (κ1) is 12.6. The predicted molar refractivity (Wildman–Crippen MR) is 49.7 cm³/mol. The van der Waals surface area contributed by atoms with Crippen molar-refractivity contribution >= 4 is 18.2 Å². The number of carboxylic acid groups (broad SMARTS) is 1. The molecule has 14 heavy (non-hydrogen) atoms. The van der Waals surface area contributed by atoms with Crippen molar-refractivity contribution in [2.24, 2.45) is 5.92 Å². The van der Waals surface area contributed by atoms with Crippen LogP contribution in [0.15, 0.2) is 0 Å². The van der Waals surface area contributed by atoms with Crippen LogP contribution >= 0.6 is 0 Å². The standard InChI is InChI=1S/C9H15NO4/c1-6(2)8(12)10-7(9(13)14)4-3-5-11/h5-7H,3-4H2,1-2H3,(H,10,12)(H,13,14)/t7-/m0/s1. The van der Waals surface area contributed by atoms with Crippen LogP contribution in [-0.2, 0) is 14.4 Å². The number of amides is 1. The van der Waals surface area contributed by atoms with Gasteiger partial charge in [0.05, 0.1) is 0 Å². The third-order valence-corrected chi connectivity index (χ3v) is 1.71. The summed E-state index contributed by atoms with van der Waals surface area (Å²) in [5, 5.41) is 11.1. The quantitative estimate of drug-likeness (QED) is 0.601. The van der Waals surface area contributed by atoms with Crippen LogP contribution < -0.4 is 5.32 Å². The molecule has 5 nitrogen and oxygen atoms in total. The molecule has 0 aliphatic rings. The van der Waals surface area contributed by atoms with E-state index in [1.807, 2.05) is 0 Å². The molecule has 0 bridgehead atoms. The van der Waals surface area contributed by atoms with Crippen LogP contribution in [0.3, 0.4) is 0 Å². The molecule has 0 aliphatic heterocycles. The van der Waals surface area contributed by atoms with Gasteiger partial charge in [-0.25, -0.2) is 4.79 Å². The predicted octanol–water partition coefficient (Wildman–Crippen LogP) is 0.191. The van der Waals surface area contributed by atoms with Gasteiger partial charge in [-0.2, -0.15) is 0 Å². The minimum Gasteiger partial charge on any atom is -0.480 e. The summed E-state index contributed by atoms with van der Waals surface area (Å²) in [6.45, 7) is 3.35. The van der Waals surface area contributed by atoms with Crippen LogP contribution in [0.5, 0.6) is 0 Å². The number of rotatable bonds is 6. The Morgan fingerprint density at radius 1 is 1.43 bits per heavy atom. The van der Waals surface area contributed by atoms with Crippen molar-refractivity contribution in [3.8, 4) is 0 Å². The van der Waals surface area contributed by atoms with Gasteiger partial charge in [0.2, 0.25) is 5.91 Å². The number of carbonyl (C=O) groups is 3. The number of aldehydes is 1. The molecule has 0 saturated heterocycles. The molecule has 0 aromatic rings. The summed E-state index contributed by atoms with van der Waals surface area (Å²) >= 11 is 0. The Hall–Kier alpha value is -1.39. The average Bonchev–Trinajstić information content (AvgIpc) is 2.10. The SMILES string of the molecule is CC(C)C(=O)N[C@@H](CCC=O)C(=O)O. The van der Waals surface area contributed by atoms with E-state index in [1.54, 1.807) is 13.8 Å². The lowest BCUT2D eigenvalue weighted by Gasteiger charge is -2.14. The molecule has 0 saturated carbocycles. The van der Waals surface area contributed by atoms with Crippen LogP contribution in [0.4, 0.5) is 0 Å². The smallest absolute Gasteiger partial charge is 0.326 e. The van der Waals surface area contributed by atoms with E-state index in [4.69, 9.17) is 5.11 Å². The maximum absolute atomic E-state index is 11.2. The minimum absolute atomic E-state index is 0.134. The second-order valence-corrected chi connectivity index (χ2v) is 3.30. The Kier molecular flexibility index (Phi) is 5.52. The van der Waals surface area contributed by atoms with Crippen molar-refractivity contribution in [3.05, 3.63) is 0 Å². The summed E-state index contributed by atoms with van der Waals surface area (Å²) in [6.07, 6.45) is 0.907. The molecule has 1 atom stereocenters. The molecule has 0 aliphatic carbocycles. The van der Waals surface area contributed by atoms with E-state index < -0.39 is 12.0 Å². The molecule has 0 aromatic heterocycles. The fourth-order valence-electron chi connectivity index (χ4n) is 0.830. The summed E-state index contributed by atoms with van der Waals surface area (Å²) < 4.78 is 0. The zero-order chi connectivity index (χ0) is 11.1. The van der Waals surface area contributed by atoms with Crippen molar-refractivity contribution < 1.29 is 19.5 Å². The van der Waals surface area contributed by atoms with Gasteiger partial charge in [0, 0.05) is 12.3 Å². The summed E-state index contributed by atoms with van der Waals surface area (Å²) in [5.41, 5.74) is 0. The molecule has 1 amide bonds. The van der Waals surface area contributed by atoms with E-state index in [0.717, 1.165) is 0 Å². The van der Waals surface area contributed by atoms with Gasteiger partial charge in [0.1, 0.15) is 12.3 Å². The lowest BCUT2D eigenvalue weighted by Crippen LogP contribution is -2.42. The molecule has 5 heteroatoms. The molecule has 2 N–H and O–H groups in total. The highest BCUT2D eigenvalue weighted by Crippen LogP contribution is 1.99. The number of nitrogens with one attached hydrogen (secondary N) is 1. The fourth-order valence-corrected chi connectivity index (χ4v) is 0.830. The van der Waals surface area contributed by atoms with Crippen molar-refractivity contribution in [3.63, 3.8) is 0 Å². The molecule has 80 valence electrons. The molecule has 0 unspecified atom stereocenters. The van der Waals surface area contributed by atoms with Crippen molar-refractivity contribution in [2.75, 3.05) is 0 Å². The molecular formula is C9H15NO4. The van der Waals surface area contributed by atoms with Crippen LogP contribution in [0.2, 0.25) is 0 Å². The largest absolute Gasteiger partial charge is 0.480 e. The van der Waals surface area contributed by atoms with Gasteiger partial charge in [-0.3, -0.25) is 4.79 Å². The van der Waals surface area contributed by atoms with E-state index in [0.29, 0.717) is 6.29 Å². The summed E-state index contributed by atoms with van der Waals surface area (Å²) in [7, 11) is 0. The highest BCUT2D eigenvalue weighted by molar-refractivity contribution is 5.84. The first-order valence-electron chi connectivity index (χ1n) is 4.45. The lowest BCUT2D eigenvalue weighted by atomic mass is 10.1. The topological polar surface area (TPSA) is 83.5 Å². The van der Waals surface area contributed by atoms with Crippen molar-refractivity contribution in [2.45, 2.75) is 32.7 Å². The second-order valence-electron chi connectivity index (χ2n) is 3.30. The Morgan fingerprint density at radius 2 is 2.00 bits per heavy atom. The number of carboxylic acids is 1. The highest BCUT2D eigenvalue weighted by atomic mass is 16.4. The maximum atomic E-state index is 11.2. The van der Waals surface area contributed by atoms with Crippen LogP contribution in [-0.4, -0.2) is 29.3 Å². The Morgan fingerprint density at radius 3 is 2.36 bits per heavy atom. The van der Waals surface area contributed by atoms with Gasteiger partial charge in [0.25, 0.3) is 0 Å². The maximum Gasteiger partial charge on any atom is 0.326 e. The summed E-state index contributed by atoms with van der Waals surface area (Å²) in [4.78, 5) is 31.8. The van der Waals surface area contributed by atoms with E-state index in [-0.39, 0.29) is 24.7 Å². The lowest BCUT2D eigenvalue weighted by molar-refractivity contribution is -0.142. The average molecular weight is 201 g/mol. The number of carbonyl (C=O) groups excluding carboxylic acids is 2. The second kappa shape index (κ2) is 6.12. The zero-order valence-corrected chi connectivity index (χ0v) is 8.32. The van der Waals surface area contributed by atoms with Gasteiger partial charge in [0.15, 0.2) is 0 Å². The third-order valence-electron chi connectivity index (χ3n) is 1.71. The zero-order valence-electron chi connectivity index (χ0n) is 8.32. The molecule has 0 aromatic carbocycles. The van der Waals surface area contributed by atoms with Gasteiger partial charge >= 0.3 is 5.97 Å². The van der Waals surface area contributed by atoms with Crippen LogP contribution in [0, 0.1) is 5.92 Å². The molecule has 0 radical (unpaired) electrons.